The third-order valence-electron chi connectivity index (χ3n) is 1.85. The van der Waals surface area contributed by atoms with E-state index in [1.165, 1.54) is 12.1 Å². The Balaban J connectivity index is 3.12. The van der Waals surface area contributed by atoms with Crippen LogP contribution in [0.4, 0.5) is 11.4 Å². The summed E-state index contributed by atoms with van der Waals surface area (Å²) < 4.78 is 0. The molecule has 0 aromatic heterocycles. The minimum absolute atomic E-state index is 0.0242. The molecule has 0 saturated heterocycles. The van der Waals surface area contributed by atoms with Crippen LogP contribution < -0.4 is 0 Å². The molecule has 0 amide bonds. The fraction of sp³-hybridized carbons (Fsp3) is 0.200. The molecule has 0 bridgehead atoms. The van der Waals surface area contributed by atoms with Crippen LogP contribution in [0.15, 0.2) is 28.4 Å². The van der Waals surface area contributed by atoms with E-state index in [1.807, 2.05) is 0 Å². The summed E-state index contributed by atoms with van der Waals surface area (Å²) >= 11 is 0. The highest BCUT2D eigenvalue weighted by Gasteiger charge is 2.13. The SMILES string of the molecule is Cc1ccc(N=NC(C#N)C#N)c([N+](=O)[O-])c1. The molecule has 0 spiro atoms. The molecule has 0 aliphatic carbocycles. The van der Waals surface area contributed by atoms with E-state index < -0.39 is 11.0 Å². The predicted octanol–water partition coefficient (Wildman–Crippen LogP) is 2.40. The quantitative estimate of drug-likeness (QED) is 0.449. The standard InChI is InChI=1S/C10H7N5O2/c1-7-2-3-9(10(4-7)15(16)17)14-13-8(5-11)6-12/h2-4,8H,1H3. The molecule has 7 heteroatoms. The average molecular weight is 229 g/mol. The third-order valence-corrected chi connectivity index (χ3v) is 1.85. The maximum Gasteiger partial charge on any atom is 0.296 e. The zero-order valence-electron chi connectivity index (χ0n) is 8.86. The van der Waals surface area contributed by atoms with Crippen LogP contribution in [-0.4, -0.2) is 11.0 Å². The molecule has 0 aliphatic heterocycles. The number of hydrogen-bond acceptors (Lipinski definition) is 6. The molecule has 1 aromatic rings. The zero-order valence-corrected chi connectivity index (χ0v) is 8.86. The summed E-state index contributed by atoms with van der Waals surface area (Å²) in [6.07, 6.45) is 0. The van der Waals surface area contributed by atoms with Crippen molar-refractivity contribution in [2.24, 2.45) is 10.2 Å². The van der Waals surface area contributed by atoms with Gasteiger partial charge in [-0.05, 0) is 18.6 Å². The van der Waals surface area contributed by atoms with Gasteiger partial charge in [0, 0.05) is 6.07 Å². The number of benzene rings is 1. The number of rotatable bonds is 3. The second-order valence-corrected chi connectivity index (χ2v) is 3.13. The molecule has 17 heavy (non-hydrogen) atoms. The summed E-state index contributed by atoms with van der Waals surface area (Å²) in [5.74, 6) is 0. The van der Waals surface area contributed by atoms with E-state index in [0.29, 0.717) is 5.56 Å². The van der Waals surface area contributed by atoms with Crippen molar-refractivity contribution in [2.45, 2.75) is 13.0 Å². The van der Waals surface area contributed by atoms with Crippen LogP contribution in [0.25, 0.3) is 0 Å². The lowest BCUT2D eigenvalue weighted by Crippen LogP contribution is -1.93. The molecule has 0 heterocycles. The first-order chi connectivity index (χ1) is 8.08. The van der Waals surface area contributed by atoms with Gasteiger partial charge < -0.3 is 0 Å². The molecule has 0 atom stereocenters. The Bertz CT molecular complexity index is 539. The Kier molecular flexibility index (Phi) is 3.85. The van der Waals surface area contributed by atoms with Crippen molar-refractivity contribution in [3.05, 3.63) is 33.9 Å². The largest absolute Gasteiger partial charge is 0.296 e. The second kappa shape index (κ2) is 5.33. The molecule has 0 unspecified atom stereocenters. The lowest BCUT2D eigenvalue weighted by Gasteiger charge is -1.97. The monoisotopic (exact) mass is 229 g/mol. The summed E-state index contributed by atoms with van der Waals surface area (Å²) in [7, 11) is 0. The van der Waals surface area contributed by atoms with E-state index in [2.05, 4.69) is 10.2 Å². The maximum atomic E-state index is 10.7. The molecule has 84 valence electrons. The van der Waals surface area contributed by atoms with Gasteiger partial charge >= 0.3 is 0 Å². The summed E-state index contributed by atoms with van der Waals surface area (Å²) in [5.41, 5.74) is 0.534. The minimum atomic E-state index is -1.25. The third kappa shape index (κ3) is 3.08. The smallest absolute Gasteiger partial charge is 0.258 e. The van der Waals surface area contributed by atoms with Gasteiger partial charge in [0.2, 0.25) is 6.04 Å². The van der Waals surface area contributed by atoms with Gasteiger partial charge in [0.15, 0.2) is 5.69 Å². The van der Waals surface area contributed by atoms with Gasteiger partial charge in [-0.3, -0.25) is 10.1 Å². The van der Waals surface area contributed by atoms with Crippen molar-refractivity contribution in [1.29, 1.82) is 10.5 Å². The first kappa shape index (κ1) is 12.3. The van der Waals surface area contributed by atoms with Crippen molar-refractivity contribution >= 4 is 11.4 Å². The lowest BCUT2D eigenvalue weighted by atomic mass is 10.2. The summed E-state index contributed by atoms with van der Waals surface area (Å²) in [6.45, 7) is 1.71. The Morgan fingerprint density at radius 3 is 2.59 bits per heavy atom. The molecule has 0 N–H and O–H groups in total. The number of azo groups is 1. The van der Waals surface area contributed by atoms with Crippen LogP contribution >= 0.6 is 0 Å². The first-order valence-electron chi connectivity index (χ1n) is 4.53. The maximum absolute atomic E-state index is 10.7. The van der Waals surface area contributed by atoms with Gasteiger partial charge in [-0.25, -0.2) is 0 Å². The topological polar surface area (TPSA) is 115 Å². The van der Waals surface area contributed by atoms with E-state index >= 15 is 0 Å². The van der Waals surface area contributed by atoms with Gasteiger partial charge in [0.25, 0.3) is 5.69 Å². The van der Waals surface area contributed by atoms with Gasteiger partial charge in [0.1, 0.15) is 12.1 Å². The molecule has 0 aliphatic rings. The lowest BCUT2D eigenvalue weighted by molar-refractivity contribution is -0.384. The van der Waals surface area contributed by atoms with Crippen LogP contribution in [-0.2, 0) is 0 Å². The molecule has 1 rings (SSSR count). The Morgan fingerprint density at radius 1 is 1.41 bits per heavy atom. The predicted molar refractivity (Wildman–Crippen MR) is 57.4 cm³/mol. The number of hydrogen-bond donors (Lipinski definition) is 0. The normalized spacial score (nSPS) is 10.1. The van der Waals surface area contributed by atoms with E-state index in [-0.39, 0.29) is 11.4 Å². The first-order valence-corrected chi connectivity index (χ1v) is 4.53. The average Bonchev–Trinajstić information content (AvgIpc) is 2.31. The van der Waals surface area contributed by atoms with E-state index in [4.69, 9.17) is 10.5 Å². The Morgan fingerprint density at radius 2 is 2.06 bits per heavy atom. The summed E-state index contributed by atoms with van der Waals surface area (Å²) in [4.78, 5) is 10.1. The van der Waals surface area contributed by atoms with Crippen molar-refractivity contribution in [1.82, 2.24) is 0 Å². The van der Waals surface area contributed by atoms with Gasteiger partial charge in [0.05, 0.1) is 4.92 Å². The van der Waals surface area contributed by atoms with Crippen LogP contribution in [0.5, 0.6) is 0 Å². The second-order valence-electron chi connectivity index (χ2n) is 3.13. The number of nitriles is 2. The molecule has 7 nitrogen and oxygen atoms in total. The van der Waals surface area contributed by atoms with Gasteiger partial charge in [-0.1, -0.05) is 6.07 Å². The highest BCUT2D eigenvalue weighted by atomic mass is 16.6. The molecular weight excluding hydrogens is 222 g/mol. The van der Waals surface area contributed by atoms with Crippen molar-refractivity contribution in [3.8, 4) is 12.1 Å². The minimum Gasteiger partial charge on any atom is -0.258 e. The van der Waals surface area contributed by atoms with Crippen molar-refractivity contribution < 1.29 is 4.92 Å². The van der Waals surface area contributed by atoms with Crippen LogP contribution in [0.2, 0.25) is 0 Å². The van der Waals surface area contributed by atoms with Crippen LogP contribution in [0.3, 0.4) is 0 Å². The Labute approximate surface area is 96.8 Å². The zero-order chi connectivity index (χ0) is 12.8. The summed E-state index contributed by atoms with van der Waals surface area (Å²) in [6, 6.07) is 6.33. The van der Waals surface area contributed by atoms with Crippen molar-refractivity contribution in [2.75, 3.05) is 0 Å². The van der Waals surface area contributed by atoms with Crippen molar-refractivity contribution in [3.63, 3.8) is 0 Å². The van der Waals surface area contributed by atoms with Gasteiger partial charge in [-0.2, -0.15) is 15.6 Å². The van der Waals surface area contributed by atoms with E-state index in [9.17, 15) is 10.1 Å². The van der Waals surface area contributed by atoms with Crippen LogP contribution in [0, 0.1) is 39.7 Å². The van der Waals surface area contributed by atoms with Crippen LogP contribution in [0.1, 0.15) is 5.56 Å². The number of nitrogens with zero attached hydrogens (tertiary/aromatic N) is 5. The molecule has 1 aromatic carbocycles. The van der Waals surface area contributed by atoms with Gasteiger partial charge in [-0.15, -0.1) is 5.11 Å². The fourth-order valence-corrected chi connectivity index (χ4v) is 1.06. The molecular formula is C10H7N5O2. The molecule has 0 fully saturated rings. The van der Waals surface area contributed by atoms with E-state index in [1.54, 1.807) is 25.1 Å². The Hall–Kier alpha value is -2.80. The number of nitro groups is 1. The van der Waals surface area contributed by atoms with E-state index in [0.717, 1.165) is 0 Å². The number of nitro benzene ring substituents is 1. The fourth-order valence-electron chi connectivity index (χ4n) is 1.06. The molecule has 0 saturated carbocycles. The highest BCUT2D eigenvalue weighted by Crippen LogP contribution is 2.28. The number of aryl methyl sites for hydroxylation is 1. The highest BCUT2D eigenvalue weighted by molar-refractivity contribution is 5.58. The summed E-state index contributed by atoms with van der Waals surface area (Å²) in [5, 5.41) is 34.6. The molecule has 0 radical (unpaired) electrons.